The molecule has 0 aliphatic carbocycles. The van der Waals surface area contributed by atoms with Crippen LogP contribution in [-0.2, 0) is 14.8 Å². The van der Waals surface area contributed by atoms with Crippen LogP contribution < -0.4 is 10.5 Å². The Morgan fingerprint density at radius 1 is 1.07 bits per heavy atom. The van der Waals surface area contributed by atoms with Crippen molar-refractivity contribution in [1.82, 2.24) is 14.5 Å². The maximum atomic E-state index is 12.8. The molecule has 0 aromatic heterocycles. The van der Waals surface area contributed by atoms with E-state index >= 15 is 0 Å². The molecule has 1 aromatic rings. The molecule has 9 heteroatoms. The van der Waals surface area contributed by atoms with Crippen LogP contribution in [0.3, 0.4) is 0 Å². The monoisotopic (exact) mass is 422 g/mol. The first kappa shape index (κ1) is 21.7. The summed E-state index contributed by atoms with van der Waals surface area (Å²) in [5, 5.41) is 0. The van der Waals surface area contributed by atoms with Crippen molar-refractivity contribution in [3.05, 3.63) is 29.8 Å². The molecule has 2 fully saturated rings. The van der Waals surface area contributed by atoms with Gasteiger partial charge in [-0.25, -0.2) is 13.1 Å². The third kappa shape index (κ3) is 4.96. The van der Waals surface area contributed by atoms with E-state index in [1.165, 1.54) is 12.1 Å². The number of nitrogens with two attached hydrogens (primary N) is 1. The van der Waals surface area contributed by atoms with Crippen molar-refractivity contribution in [3.8, 4) is 0 Å². The quantitative estimate of drug-likeness (QED) is 0.708. The van der Waals surface area contributed by atoms with E-state index < -0.39 is 10.0 Å². The number of benzene rings is 1. The Balaban J connectivity index is 1.60. The molecular formula is C20H30N4O4S. The highest BCUT2D eigenvalue weighted by Crippen LogP contribution is 2.26. The lowest BCUT2D eigenvalue weighted by atomic mass is 10.0. The van der Waals surface area contributed by atoms with Crippen molar-refractivity contribution < 1.29 is 18.0 Å². The van der Waals surface area contributed by atoms with Gasteiger partial charge in [0.1, 0.15) is 0 Å². The van der Waals surface area contributed by atoms with E-state index in [0.717, 1.165) is 32.2 Å². The smallest absolute Gasteiger partial charge is 0.253 e. The van der Waals surface area contributed by atoms with E-state index in [1.54, 1.807) is 30.9 Å². The van der Waals surface area contributed by atoms with Gasteiger partial charge in [0.05, 0.1) is 10.9 Å². The van der Waals surface area contributed by atoms with Gasteiger partial charge in [0, 0.05) is 30.7 Å². The van der Waals surface area contributed by atoms with Gasteiger partial charge in [-0.05, 0) is 70.3 Å². The summed E-state index contributed by atoms with van der Waals surface area (Å²) in [4.78, 5) is 28.6. The third-order valence-corrected chi connectivity index (χ3v) is 7.32. The molecule has 0 unspecified atom stereocenters. The van der Waals surface area contributed by atoms with Crippen LogP contribution >= 0.6 is 0 Å². The second-order valence-corrected chi connectivity index (χ2v) is 9.84. The number of sulfonamides is 1. The van der Waals surface area contributed by atoms with E-state index in [0.29, 0.717) is 18.7 Å². The molecule has 1 atom stereocenters. The first-order chi connectivity index (χ1) is 13.7. The number of nitrogens with one attached hydrogen (secondary N) is 1. The Morgan fingerprint density at radius 2 is 1.69 bits per heavy atom. The summed E-state index contributed by atoms with van der Waals surface area (Å²) in [6.07, 6.45) is 3.41. The van der Waals surface area contributed by atoms with E-state index in [4.69, 9.17) is 5.73 Å². The Labute approximate surface area is 172 Å². The highest BCUT2D eigenvalue weighted by atomic mass is 32.2. The van der Waals surface area contributed by atoms with Crippen molar-refractivity contribution in [2.75, 3.05) is 19.6 Å². The fraction of sp³-hybridized carbons (Fsp3) is 0.600. The van der Waals surface area contributed by atoms with Crippen LogP contribution in [0.25, 0.3) is 0 Å². The van der Waals surface area contributed by atoms with Gasteiger partial charge in [0.25, 0.3) is 5.91 Å². The lowest BCUT2D eigenvalue weighted by molar-refractivity contribution is -0.123. The second kappa shape index (κ2) is 8.81. The molecule has 0 bridgehead atoms. The SMILES string of the molecule is CC(C)NS(=O)(=O)c1ccc(C(=O)N2CCC(N3CCC[C@H]3C(N)=O)CC2)cc1. The topological polar surface area (TPSA) is 113 Å². The molecule has 0 radical (unpaired) electrons. The molecule has 2 saturated heterocycles. The van der Waals surface area contributed by atoms with Gasteiger partial charge in [0.2, 0.25) is 15.9 Å². The van der Waals surface area contributed by atoms with Crippen molar-refractivity contribution in [1.29, 1.82) is 0 Å². The predicted molar refractivity (Wildman–Crippen MR) is 110 cm³/mol. The van der Waals surface area contributed by atoms with Crippen molar-refractivity contribution in [3.63, 3.8) is 0 Å². The summed E-state index contributed by atoms with van der Waals surface area (Å²) < 4.78 is 27.0. The second-order valence-electron chi connectivity index (χ2n) is 8.12. The van der Waals surface area contributed by atoms with Crippen LogP contribution in [0.2, 0.25) is 0 Å². The summed E-state index contributed by atoms with van der Waals surface area (Å²) in [5.74, 6) is -0.361. The Bertz CT molecular complexity index is 846. The van der Waals surface area contributed by atoms with Crippen LogP contribution in [0, 0.1) is 0 Å². The van der Waals surface area contributed by atoms with Gasteiger partial charge in [-0.3, -0.25) is 14.5 Å². The number of amides is 2. The molecule has 3 N–H and O–H groups in total. The number of carbonyl (C=O) groups is 2. The Morgan fingerprint density at radius 3 is 2.24 bits per heavy atom. The lowest BCUT2D eigenvalue weighted by Gasteiger charge is -2.38. The summed E-state index contributed by atoms with van der Waals surface area (Å²) in [6, 6.07) is 5.94. The molecule has 29 heavy (non-hydrogen) atoms. The molecular weight excluding hydrogens is 392 g/mol. The standard InChI is InChI=1S/C20H30N4O4S/c1-14(2)22-29(27,28)17-7-5-15(6-8-17)20(26)23-12-9-16(10-13-23)24-11-3-4-18(24)19(21)25/h5-8,14,16,18,22H,3-4,9-13H2,1-2H3,(H2,21,25)/t18-/m0/s1. The van der Waals surface area contributed by atoms with Crippen LogP contribution in [0.1, 0.15) is 49.9 Å². The number of likely N-dealkylation sites (tertiary alicyclic amines) is 2. The molecule has 2 heterocycles. The Kier molecular flexibility index (Phi) is 6.60. The van der Waals surface area contributed by atoms with Gasteiger partial charge >= 0.3 is 0 Å². The van der Waals surface area contributed by atoms with E-state index in [-0.39, 0.29) is 34.8 Å². The zero-order valence-electron chi connectivity index (χ0n) is 17.0. The number of carbonyl (C=O) groups excluding carboxylic acids is 2. The minimum absolute atomic E-state index is 0.0999. The zero-order chi connectivity index (χ0) is 21.2. The summed E-state index contributed by atoms with van der Waals surface area (Å²) in [6.45, 7) is 5.62. The normalized spacial score (nSPS) is 21.6. The van der Waals surface area contributed by atoms with Crippen LogP contribution in [-0.4, -0.2) is 67.8 Å². The fourth-order valence-corrected chi connectivity index (χ4v) is 5.52. The maximum Gasteiger partial charge on any atom is 0.253 e. The highest BCUT2D eigenvalue weighted by Gasteiger charge is 2.36. The van der Waals surface area contributed by atoms with Crippen molar-refractivity contribution in [2.24, 2.45) is 5.73 Å². The minimum atomic E-state index is -3.57. The van der Waals surface area contributed by atoms with Crippen LogP contribution in [0.15, 0.2) is 29.2 Å². The molecule has 3 rings (SSSR count). The number of nitrogens with zero attached hydrogens (tertiary/aromatic N) is 2. The number of primary amides is 1. The highest BCUT2D eigenvalue weighted by molar-refractivity contribution is 7.89. The van der Waals surface area contributed by atoms with Gasteiger partial charge in [-0.15, -0.1) is 0 Å². The molecule has 0 saturated carbocycles. The first-order valence-corrected chi connectivity index (χ1v) is 11.6. The van der Waals surface area contributed by atoms with E-state index in [1.807, 2.05) is 0 Å². The van der Waals surface area contributed by atoms with Crippen LogP contribution in [0.5, 0.6) is 0 Å². The van der Waals surface area contributed by atoms with Crippen molar-refractivity contribution >= 4 is 21.8 Å². The molecule has 160 valence electrons. The molecule has 2 aliphatic rings. The zero-order valence-corrected chi connectivity index (χ0v) is 17.8. The van der Waals surface area contributed by atoms with Gasteiger partial charge < -0.3 is 10.6 Å². The fourth-order valence-electron chi connectivity index (χ4n) is 4.27. The number of hydrogen-bond donors (Lipinski definition) is 2. The van der Waals surface area contributed by atoms with Gasteiger partial charge in [-0.2, -0.15) is 0 Å². The average molecular weight is 423 g/mol. The summed E-state index contributed by atoms with van der Waals surface area (Å²) >= 11 is 0. The van der Waals surface area contributed by atoms with E-state index in [2.05, 4.69) is 9.62 Å². The maximum absolute atomic E-state index is 12.8. The number of rotatable bonds is 6. The Hall–Kier alpha value is -1.97. The average Bonchev–Trinajstić information content (AvgIpc) is 3.17. The lowest BCUT2D eigenvalue weighted by Crippen LogP contribution is -2.51. The van der Waals surface area contributed by atoms with Crippen molar-refractivity contribution in [2.45, 2.75) is 62.6 Å². The van der Waals surface area contributed by atoms with Crippen LogP contribution in [0.4, 0.5) is 0 Å². The number of piperidine rings is 1. The molecule has 2 amide bonds. The van der Waals surface area contributed by atoms with Gasteiger partial charge in [-0.1, -0.05) is 0 Å². The molecule has 2 aliphatic heterocycles. The molecule has 0 spiro atoms. The molecule has 8 nitrogen and oxygen atoms in total. The number of hydrogen-bond acceptors (Lipinski definition) is 5. The summed E-state index contributed by atoms with van der Waals surface area (Å²) in [7, 11) is -3.57. The van der Waals surface area contributed by atoms with Gasteiger partial charge in [0.15, 0.2) is 0 Å². The minimum Gasteiger partial charge on any atom is -0.368 e. The largest absolute Gasteiger partial charge is 0.368 e. The first-order valence-electron chi connectivity index (χ1n) is 10.2. The molecule has 1 aromatic carbocycles. The van der Waals surface area contributed by atoms with E-state index in [9.17, 15) is 18.0 Å². The predicted octanol–water partition coefficient (Wildman–Crippen LogP) is 0.928. The third-order valence-electron chi connectivity index (χ3n) is 5.65. The summed E-state index contributed by atoms with van der Waals surface area (Å²) in [5.41, 5.74) is 6.00.